The Labute approximate surface area is 268 Å². The molecule has 0 unspecified atom stereocenters. The minimum Gasteiger partial charge on any atom is -0.404 e. The molecule has 4 aromatic rings. The first-order chi connectivity index (χ1) is 21.7. The molecule has 5 atom stereocenters. The van der Waals surface area contributed by atoms with Crippen molar-refractivity contribution in [2.45, 2.75) is 75.6 Å². The van der Waals surface area contributed by atoms with Crippen molar-refractivity contribution in [1.29, 1.82) is 0 Å². The molecule has 6 rings (SSSR count). The fourth-order valence-electron chi connectivity index (χ4n) is 6.96. The quantitative estimate of drug-likeness (QED) is 0.219. The molecule has 236 valence electrons. The van der Waals surface area contributed by atoms with E-state index >= 15 is 0 Å². The molecule has 2 aliphatic heterocycles. The Bertz CT molecular complexity index is 1470. The molecule has 6 nitrogen and oxygen atoms in total. The summed E-state index contributed by atoms with van der Waals surface area (Å²) in [6.07, 6.45) is -2.31. The van der Waals surface area contributed by atoms with Crippen LogP contribution in [0.3, 0.4) is 0 Å². The molecule has 0 aliphatic carbocycles. The average Bonchev–Trinajstić information content (AvgIpc) is 3.26. The van der Waals surface area contributed by atoms with Gasteiger partial charge in [-0.3, -0.25) is 0 Å². The Balaban J connectivity index is 1.41. The highest BCUT2D eigenvalue weighted by atomic mass is 28.4. The Morgan fingerprint density at radius 1 is 0.711 bits per heavy atom. The van der Waals surface area contributed by atoms with Crippen LogP contribution in [0.1, 0.15) is 38.8 Å². The van der Waals surface area contributed by atoms with Gasteiger partial charge in [0.15, 0.2) is 11.4 Å². The van der Waals surface area contributed by atoms with Crippen molar-refractivity contribution in [2.75, 3.05) is 13.2 Å². The zero-order valence-electron chi connectivity index (χ0n) is 26.6. The lowest BCUT2D eigenvalue weighted by atomic mass is 9.90. The lowest BCUT2D eigenvalue weighted by Gasteiger charge is -2.48. The summed E-state index contributed by atoms with van der Waals surface area (Å²) in [5, 5.41) is 13.9. The van der Waals surface area contributed by atoms with E-state index < -0.39 is 38.0 Å². The minimum absolute atomic E-state index is 0.0804. The highest BCUT2D eigenvalue weighted by molar-refractivity contribution is 6.99. The maximum Gasteiger partial charge on any atom is 0.261 e. The van der Waals surface area contributed by atoms with Crippen LogP contribution in [0.25, 0.3) is 0 Å². The molecule has 2 bridgehead atoms. The number of fused-ring (bicyclic) bond motifs is 2. The first kappa shape index (κ1) is 31.8. The summed E-state index contributed by atoms with van der Waals surface area (Å²) in [7, 11) is -2.97. The molecule has 2 saturated heterocycles. The van der Waals surface area contributed by atoms with Gasteiger partial charge in [0, 0.05) is 0 Å². The fraction of sp³-hybridized carbons (Fsp3) is 0.368. The summed E-state index contributed by atoms with van der Waals surface area (Å²) in [6.45, 7) is 9.47. The van der Waals surface area contributed by atoms with Gasteiger partial charge in [-0.15, -0.1) is 0 Å². The second-order valence-electron chi connectivity index (χ2n) is 13.3. The van der Waals surface area contributed by atoms with Crippen LogP contribution in [0.2, 0.25) is 5.04 Å². The number of aliphatic hydroxyl groups is 1. The van der Waals surface area contributed by atoms with Crippen molar-refractivity contribution in [3.05, 3.63) is 132 Å². The summed E-state index contributed by atoms with van der Waals surface area (Å²) >= 11 is 0. The van der Waals surface area contributed by atoms with E-state index in [0.29, 0.717) is 13.2 Å². The zero-order chi connectivity index (χ0) is 31.5. The van der Waals surface area contributed by atoms with Crippen LogP contribution in [0.4, 0.5) is 0 Å². The van der Waals surface area contributed by atoms with Crippen LogP contribution in [0.5, 0.6) is 0 Å². The van der Waals surface area contributed by atoms with Crippen molar-refractivity contribution < 1.29 is 28.5 Å². The molecule has 2 heterocycles. The van der Waals surface area contributed by atoms with Crippen LogP contribution < -0.4 is 10.4 Å². The molecule has 0 aromatic heterocycles. The SMILES string of the molecule is CC(C)(C)[Si](OC[C@]12O[C@](C)(OC[C@H]1O)[C@H](OCc1ccccc1)[C@H]2OCc1ccccc1)(c1ccccc1)c1ccccc1. The van der Waals surface area contributed by atoms with Gasteiger partial charge in [-0.2, -0.15) is 0 Å². The Hall–Kier alpha value is -3.14. The van der Waals surface area contributed by atoms with E-state index in [1.54, 1.807) is 0 Å². The molecule has 2 aliphatic rings. The van der Waals surface area contributed by atoms with Gasteiger partial charge < -0.3 is 28.5 Å². The minimum atomic E-state index is -2.97. The second-order valence-corrected chi connectivity index (χ2v) is 17.6. The van der Waals surface area contributed by atoms with E-state index in [0.717, 1.165) is 21.5 Å². The molecule has 0 amide bonds. The number of benzene rings is 4. The van der Waals surface area contributed by atoms with Crippen molar-refractivity contribution in [3.63, 3.8) is 0 Å². The normalized spacial score (nSPS) is 26.6. The highest BCUT2D eigenvalue weighted by Crippen LogP contribution is 2.50. The number of rotatable bonds is 11. The van der Waals surface area contributed by atoms with Gasteiger partial charge in [0.05, 0.1) is 26.4 Å². The van der Waals surface area contributed by atoms with Crippen LogP contribution in [-0.4, -0.2) is 56.3 Å². The first-order valence-corrected chi connectivity index (χ1v) is 17.7. The number of aliphatic hydroxyl groups excluding tert-OH is 1. The number of ether oxygens (including phenoxy) is 4. The standard InChI is InChI=1S/C38H44O6Si/c1-36(2,3)45(31-21-13-7-14-22-31,32-23-15-8-16-24-32)43-28-38-33(39)27-42-37(4,44-38)34(40-25-29-17-9-5-10-18-29)35(38)41-26-30-19-11-6-12-20-30/h5-24,33-35,39H,25-28H2,1-4H3/t33-,34-,35-,37+,38+/m1/s1. The molecular weight excluding hydrogens is 580 g/mol. The van der Waals surface area contributed by atoms with Gasteiger partial charge in [-0.05, 0) is 33.5 Å². The van der Waals surface area contributed by atoms with E-state index in [2.05, 4.69) is 69.3 Å². The largest absolute Gasteiger partial charge is 0.404 e. The molecule has 1 N–H and O–H groups in total. The van der Waals surface area contributed by atoms with Gasteiger partial charge in [-0.1, -0.05) is 142 Å². The predicted octanol–water partition coefficient (Wildman–Crippen LogP) is 5.61. The molecule has 45 heavy (non-hydrogen) atoms. The van der Waals surface area contributed by atoms with Gasteiger partial charge in [0.25, 0.3) is 8.32 Å². The molecule has 0 radical (unpaired) electrons. The zero-order valence-corrected chi connectivity index (χ0v) is 27.6. The van der Waals surface area contributed by atoms with E-state index in [-0.39, 0.29) is 18.3 Å². The van der Waals surface area contributed by atoms with Crippen LogP contribution in [0.15, 0.2) is 121 Å². The van der Waals surface area contributed by atoms with Crippen molar-refractivity contribution in [3.8, 4) is 0 Å². The number of hydrogen-bond acceptors (Lipinski definition) is 6. The molecular formula is C38H44O6Si. The van der Waals surface area contributed by atoms with Crippen molar-refractivity contribution >= 4 is 18.7 Å². The fourth-order valence-corrected chi connectivity index (χ4v) is 11.6. The maximum absolute atomic E-state index is 11.8. The van der Waals surface area contributed by atoms with E-state index in [9.17, 15) is 5.11 Å². The van der Waals surface area contributed by atoms with Crippen LogP contribution >= 0.6 is 0 Å². The van der Waals surface area contributed by atoms with Crippen LogP contribution in [-0.2, 0) is 36.6 Å². The van der Waals surface area contributed by atoms with Gasteiger partial charge in [0.2, 0.25) is 0 Å². The van der Waals surface area contributed by atoms with E-state index in [1.165, 1.54) is 0 Å². The van der Waals surface area contributed by atoms with Crippen molar-refractivity contribution in [1.82, 2.24) is 0 Å². The third kappa shape index (κ3) is 6.06. The summed E-state index contributed by atoms with van der Waals surface area (Å²) in [4.78, 5) is 0. The molecule has 7 heteroatoms. The Morgan fingerprint density at radius 2 is 1.16 bits per heavy atom. The third-order valence-corrected chi connectivity index (χ3v) is 14.2. The Kier molecular flexibility index (Phi) is 9.14. The summed E-state index contributed by atoms with van der Waals surface area (Å²) in [5.74, 6) is -1.15. The first-order valence-electron chi connectivity index (χ1n) is 15.8. The van der Waals surface area contributed by atoms with Crippen LogP contribution in [0, 0.1) is 0 Å². The molecule has 2 fully saturated rings. The summed E-state index contributed by atoms with van der Waals surface area (Å²) < 4.78 is 33.8. The summed E-state index contributed by atoms with van der Waals surface area (Å²) in [5.41, 5.74) is 0.808. The van der Waals surface area contributed by atoms with Crippen molar-refractivity contribution in [2.24, 2.45) is 0 Å². The molecule has 4 aromatic carbocycles. The number of hydrogen-bond donors (Lipinski definition) is 1. The third-order valence-electron chi connectivity index (χ3n) is 9.23. The van der Waals surface area contributed by atoms with E-state index in [4.69, 9.17) is 23.4 Å². The van der Waals surface area contributed by atoms with E-state index in [1.807, 2.05) is 79.7 Å². The average molecular weight is 625 g/mol. The summed E-state index contributed by atoms with van der Waals surface area (Å²) in [6, 6.07) is 41.1. The van der Waals surface area contributed by atoms with Gasteiger partial charge in [-0.25, -0.2) is 0 Å². The Morgan fingerprint density at radius 3 is 1.62 bits per heavy atom. The monoisotopic (exact) mass is 624 g/mol. The lowest BCUT2D eigenvalue weighted by Crippen LogP contribution is -2.69. The predicted molar refractivity (Wildman–Crippen MR) is 178 cm³/mol. The second kappa shape index (κ2) is 12.9. The lowest BCUT2D eigenvalue weighted by molar-refractivity contribution is -0.336. The highest BCUT2D eigenvalue weighted by Gasteiger charge is 2.70. The molecule has 0 spiro atoms. The smallest absolute Gasteiger partial charge is 0.261 e. The van der Waals surface area contributed by atoms with Gasteiger partial charge >= 0.3 is 0 Å². The maximum atomic E-state index is 11.8. The van der Waals surface area contributed by atoms with Gasteiger partial charge in [0.1, 0.15) is 18.3 Å². The topological polar surface area (TPSA) is 66.4 Å². The molecule has 0 saturated carbocycles.